The third-order valence-electron chi connectivity index (χ3n) is 4.85. The standard InChI is InChI=1S/C18H24N2O5S/c1-13-11-16(13)18(22)25-12-17(21)19-14-5-7-15(8-6-14)26(23,24)20-9-3-2-4-10-20/h5-8,13,16H,2-4,9-12H2,1H3,(H,19,21)/t13-,16+/m0/s1. The van der Waals surface area contributed by atoms with E-state index in [1.54, 1.807) is 12.1 Å². The number of amides is 1. The van der Waals surface area contributed by atoms with E-state index in [0.717, 1.165) is 25.7 Å². The Morgan fingerprint density at radius 2 is 1.77 bits per heavy atom. The molecule has 0 aromatic heterocycles. The van der Waals surface area contributed by atoms with Crippen LogP contribution in [0.4, 0.5) is 5.69 Å². The lowest BCUT2D eigenvalue weighted by molar-refractivity contribution is -0.148. The summed E-state index contributed by atoms with van der Waals surface area (Å²) in [5.41, 5.74) is 0.462. The van der Waals surface area contributed by atoms with Gasteiger partial charge in [-0.25, -0.2) is 8.42 Å². The van der Waals surface area contributed by atoms with E-state index in [4.69, 9.17) is 4.74 Å². The highest BCUT2D eigenvalue weighted by molar-refractivity contribution is 7.89. The van der Waals surface area contributed by atoms with Crippen molar-refractivity contribution in [2.75, 3.05) is 25.0 Å². The lowest BCUT2D eigenvalue weighted by Gasteiger charge is -2.25. The molecule has 0 radical (unpaired) electrons. The third-order valence-corrected chi connectivity index (χ3v) is 6.76. The molecule has 7 nitrogen and oxygen atoms in total. The first kappa shape index (κ1) is 18.8. The normalized spacial score (nSPS) is 23.3. The van der Waals surface area contributed by atoms with Gasteiger partial charge in [0.25, 0.3) is 5.91 Å². The van der Waals surface area contributed by atoms with E-state index in [1.807, 2.05) is 6.92 Å². The molecule has 1 saturated carbocycles. The van der Waals surface area contributed by atoms with Gasteiger partial charge in [-0.2, -0.15) is 4.31 Å². The van der Waals surface area contributed by atoms with Gasteiger partial charge in [-0.15, -0.1) is 0 Å². The van der Waals surface area contributed by atoms with Gasteiger partial charge < -0.3 is 10.1 Å². The van der Waals surface area contributed by atoms with Crippen molar-refractivity contribution in [3.63, 3.8) is 0 Å². The van der Waals surface area contributed by atoms with E-state index in [9.17, 15) is 18.0 Å². The summed E-state index contributed by atoms with van der Waals surface area (Å²) >= 11 is 0. The Labute approximate surface area is 153 Å². The van der Waals surface area contributed by atoms with Gasteiger partial charge in [0.05, 0.1) is 10.8 Å². The van der Waals surface area contributed by atoms with E-state index in [-0.39, 0.29) is 23.4 Å². The quantitative estimate of drug-likeness (QED) is 0.762. The Balaban J connectivity index is 1.53. The van der Waals surface area contributed by atoms with E-state index in [0.29, 0.717) is 24.7 Å². The molecule has 2 fully saturated rings. The second kappa shape index (κ2) is 7.75. The first-order chi connectivity index (χ1) is 12.4. The van der Waals surface area contributed by atoms with Gasteiger partial charge in [0.15, 0.2) is 6.61 Å². The Hall–Kier alpha value is -1.93. The van der Waals surface area contributed by atoms with Crippen molar-refractivity contribution in [3.05, 3.63) is 24.3 Å². The molecule has 1 aromatic carbocycles. The number of sulfonamides is 1. The van der Waals surface area contributed by atoms with Crippen LogP contribution < -0.4 is 5.32 Å². The van der Waals surface area contributed by atoms with Crippen LogP contribution in [0.1, 0.15) is 32.6 Å². The highest BCUT2D eigenvalue weighted by Crippen LogP contribution is 2.38. The van der Waals surface area contributed by atoms with Crippen molar-refractivity contribution in [2.24, 2.45) is 11.8 Å². The van der Waals surface area contributed by atoms with Crippen molar-refractivity contribution in [3.8, 4) is 0 Å². The molecule has 1 aliphatic heterocycles. The highest BCUT2D eigenvalue weighted by Gasteiger charge is 2.40. The minimum atomic E-state index is -3.49. The van der Waals surface area contributed by atoms with Crippen LogP contribution in [0.15, 0.2) is 29.2 Å². The summed E-state index contributed by atoms with van der Waals surface area (Å²) < 4.78 is 31.6. The predicted octanol–water partition coefficient (Wildman–Crippen LogP) is 2.00. The van der Waals surface area contributed by atoms with Crippen molar-refractivity contribution < 1.29 is 22.7 Å². The fraction of sp³-hybridized carbons (Fsp3) is 0.556. The fourth-order valence-corrected chi connectivity index (χ4v) is 4.57. The second-order valence-electron chi connectivity index (χ2n) is 6.96. The molecule has 1 heterocycles. The average molecular weight is 380 g/mol. The number of esters is 1. The SMILES string of the molecule is C[C@H]1C[C@H]1C(=O)OCC(=O)Nc1ccc(S(=O)(=O)N2CCCCC2)cc1. The van der Waals surface area contributed by atoms with Crippen molar-refractivity contribution in [1.29, 1.82) is 0 Å². The molecule has 2 aliphatic rings. The van der Waals surface area contributed by atoms with Crippen LogP contribution in [0, 0.1) is 11.8 Å². The summed E-state index contributed by atoms with van der Waals surface area (Å²) in [5, 5.41) is 2.60. The number of ether oxygens (including phenoxy) is 1. The topological polar surface area (TPSA) is 92.8 Å². The number of hydrogen-bond acceptors (Lipinski definition) is 5. The summed E-state index contributed by atoms with van der Waals surface area (Å²) in [6.45, 7) is 2.72. The first-order valence-electron chi connectivity index (χ1n) is 8.94. The van der Waals surface area contributed by atoms with Gasteiger partial charge in [0, 0.05) is 18.8 Å². The smallest absolute Gasteiger partial charge is 0.309 e. The lowest BCUT2D eigenvalue weighted by Crippen LogP contribution is -2.35. The zero-order valence-electron chi connectivity index (χ0n) is 14.8. The molecule has 8 heteroatoms. The van der Waals surface area contributed by atoms with Crippen molar-refractivity contribution >= 4 is 27.6 Å². The van der Waals surface area contributed by atoms with Gasteiger partial charge >= 0.3 is 5.97 Å². The molecule has 0 bridgehead atoms. The molecule has 3 rings (SSSR count). The number of rotatable bonds is 6. The molecule has 2 atom stereocenters. The maximum absolute atomic E-state index is 12.6. The Bertz CT molecular complexity index is 769. The highest BCUT2D eigenvalue weighted by atomic mass is 32.2. The minimum absolute atomic E-state index is 0.0814. The predicted molar refractivity (Wildman–Crippen MR) is 95.9 cm³/mol. The van der Waals surface area contributed by atoms with Gasteiger partial charge in [0.1, 0.15) is 0 Å². The maximum atomic E-state index is 12.6. The third kappa shape index (κ3) is 4.42. The molecule has 26 heavy (non-hydrogen) atoms. The van der Waals surface area contributed by atoms with Crippen LogP contribution in [-0.2, 0) is 24.3 Å². The molecule has 1 aromatic rings. The molecule has 0 spiro atoms. The number of carbonyl (C=O) groups is 2. The number of nitrogens with zero attached hydrogens (tertiary/aromatic N) is 1. The van der Waals surface area contributed by atoms with Crippen LogP contribution in [0.2, 0.25) is 0 Å². The van der Waals surface area contributed by atoms with Crippen LogP contribution in [-0.4, -0.2) is 44.3 Å². The van der Waals surface area contributed by atoms with E-state index >= 15 is 0 Å². The lowest BCUT2D eigenvalue weighted by atomic mass is 10.2. The summed E-state index contributed by atoms with van der Waals surface area (Å²) in [7, 11) is -3.49. The molecule has 0 unspecified atom stereocenters. The fourth-order valence-electron chi connectivity index (χ4n) is 3.06. The number of hydrogen-bond donors (Lipinski definition) is 1. The first-order valence-corrected chi connectivity index (χ1v) is 10.4. The molecular formula is C18H24N2O5S. The van der Waals surface area contributed by atoms with Crippen LogP contribution in [0.3, 0.4) is 0 Å². The maximum Gasteiger partial charge on any atom is 0.309 e. The number of benzene rings is 1. The summed E-state index contributed by atoms with van der Waals surface area (Å²) in [4.78, 5) is 23.7. The molecule has 1 amide bonds. The van der Waals surface area contributed by atoms with Gasteiger partial charge in [0.2, 0.25) is 10.0 Å². The largest absolute Gasteiger partial charge is 0.455 e. The summed E-state index contributed by atoms with van der Waals surface area (Å²) in [6.07, 6.45) is 3.63. The molecule has 1 aliphatic carbocycles. The Morgan fingerprint density at radius 3 is 2.35 bits per heavy atom. The van der Waals surface area contributed by atoms with E-state index in [2.05, 4.69) is 5.32 Å². The summed E-state index contributed by atoms with van der Waals surface area (Å²) in [5.74, 6) is -0.532. The van der Waals surface area contributed by atoms with Crippen LogP contribution >= 0.6 is 0 Å². The number of anilines is 1. The molecule has 142 valence electrons. The Kier molecular flexibility index (Phi) is 5.62. The monoisotopic (exact) mass is 380 g/mol. The number of carbonyl (C=O) groups excluding carboxylic acids is 2. The number of nitrogens with one attached hydrogen (secondary N) is 1. The molecule has 1 N–H and O–H groups in total. The molecule has 1 saturated heterocycles. The van der Waals surface area contributed by atoms with Crippen LogP contribution in [0.5, 0.6) is 0 Å². The van der Waals surface area contributed by atoms with E-state index < -0.39 is 15.9 Å². The zero-order valence-corrected chi connectivity index (χ0v) is 15.6. The van der Waals surface area contributed by atoms with E-state index in [1.165, 1.54) is 16.4 Å². The second-order valence-corrected chi connectivity index (χ2v) is 8.90. The van der Waals surface area contributed by atoms with Gasteiger partial charge in [-0.3, -0.25) is 9.59 Å². The number of piperidine rings is 1. The van der Waals surface area contributed by atoms with Gasteiger partial charge in [-0.05, 0) is 49.4 Å². The Morgan fingerprint density at radius 1 is 1.15 bits per heavy atom. The average Bonchev–Trinajstić information content (AvgIpc) is 3.38. The zero-order chi connectivity index (χ0) is 18.7. The van der Waals surface area contributed by atoms with Crippen LogP contribution in [0.25, 0.3) is 0 Å². The molecular weight excluding hydrogens is 356 g/mol. The van der Waals surface area contributed by atoms with Crippen molar-refractivity contribution in [2.45, 2.75) is 37.5 Å². The van der Waals surface area contributed by atoms with Gasteiger partial charge in [-0.1, -0.05) is 13.3 Å². The minimum Gasteiger partial charge on any atom is -0.455 e. The van der Waals surface area contributed by atoms with Crippen molar-refractivity contribution in [1.82, 2.24) is 4.31 Å². The summed E-state index contributed by atoms with van der Waals surface area (Å²) in [6, 6.07) is 6.05.